The van der Waals surface area contributed by atoms with Gasteiger partial charge in [-0.25, -0.2) is 8.78 Å². The minimum Gasteiger partial charge on any atom is -0.471 e. The highest BCUT2D eigenvalue weighted by atomic mass is 35.5. The maximum absolute atomic E-state index is 14.0. The summed E-state index contributed by atoms with van der Waals surface area (Å²) in [5.74, 6) is -1.86. The lowest BCUT2D eigenvalue weighted by Crippen LogP contribution is -2.47. The number of halogens is 3. The molecule has 0 spiro atoms. The molecule has 33 heavy (non-hydrogen) atoms. The van der Waals surface area contributed by atoms with Crippen molar-refractivity contribution in [3.8, 4) is 5.88 Å². The quantitative estimate of drug-likeness (QED) is 0.627. The zero-order valence-corrected chi connectivity index (χ0v) is 19.6. The van der Waals surface area contributed by atoms with Crippen molar-refractivity contribution >= 4 is 23.5 Å². The second kappa shape index (κ2) is 9.64. The number of rotatable bonds is 7. The summed E-state index contributed by atoms with van der Waals surface area (Å²) in [6.45, 7) is 6.97. The maximum Gasteiger partial charge on any atom is 0.277 e. The Bertz CT molecular complexity index is 1100. The Balaban J connectivity index is 1.87. The lowest BCUT2D eigenvalue weighted by molar-refractivity contribution is -0.137. The molecule has 11 heteroatoms. The zero-order valence-electron chi connectivity index (χ0n) is 18.9. The average molecular weight is 485 g/mol. The van der Waals surface area contributed by atoms with Crippen molar-refractivity contribution < 1.29 is 23.4 Å². The molecule has 1 aliphatic heterocycles. The fraction of sp³-hybridized carbons (Fsp3) is 0.500. The van der Waals surface area contributed by atoms with E-state index < -0.39 is 28.7 Å². The summed E-state index contributed by atoms with van der Waals surface area (Å²) in [6.07, 6.45) is 0.579. The molecule has 8 nitrogen and oxygen atoms in total. The molecule has 1 saturated heterocycles. The lowest BCUT2D eigenvalue weighted by Gasteiger charge is -2.25. The molecule has 2 heterocycles. The van der Waals surface area contributed by atoms with E-state index in [1.165, 1.54) is 24.5 Å². The van der Waals surface area contributed by atoms with Gasteiger partial charge in [0.25, 0.3) is 11.5 Å². The summed E-state index contributed by atoms with van der Waals surface area (Å²) >= 11 is 6.22. The molecule has 1 aromatic carbocycles. The van der Waals surface area contributed by atoms with Gasteiger partial charge in [-0.1, -0.05) is 11.6 Å². The molecule has 0 unspecified atom stereocenters. The van der Waals surface area contributed by atoms with E-state index in [0.717, 1.165) is 12.1 Å². The first-order valence-electron chi connectivity index (χ1n) is 10.6. The third-order valence-corrected chi connectivity index (χ3v) is 5.59. The first-order valence-corrected chi connectivity index (χ1v) is 10.9. The molecule has 1 amide bonds. The predicted octanol–water partition coefficient (Wildman–Crippen LogP) is 2.80. The highest BCUT2D eigenvalue weighted by molar-refractivity contribution is 6.31. The molecule has 0 radical (unpaired) electrons. The van der Waals surface area contributed by atoms with Gasteiger partial charge >= 0.3 is 0 Å². The number of aliphatic hydroxyl groups is 1. The van der Waals surface area contributed by atoms with Crippen LogP contribution in [0.15, 0.2) is 23.0 Å². The van der Waals surface area contributed by atoms with Gasteiger partial charge in [0.15, 0.2) is 5.02 Å². The van der Waals surface area contributed by atoms with E-state index in [1.54, 1.807) is 13.8 Å². The lowest BCUT2D eigenvalue weighted by atomic mass is 10.1. The Labute approximate surface area is 195 Å². The van der Waals surface area contributed by atoms with Crippen LogP contribution in [0.5, 0.6) is 5.88 Å². The van der Waals surface area contributed by atoms with Crippen molar-refractivity contribution in [1.29, 1.82) is 0 Å². The molecule has 180 valence electrons. The molecule has 1 fully saturated rings. The van der Waals surface area contributed by atoms with Crippen LogP contribution < -0.4 is 20.5 Å². The number of ether oxygens (including phenoxy) is 1. The largest absolute Gasteiger partial charge is 0.471 e. The molecule has 1 aliphatic rings. The van der Waals surface area contributed by atoms with E-state index >= 15 is 0 Å². The van der Waals surface area contributed by atoms with Crippen molar-refractivity contribution in [2.75, 3.05) is 18.0 Å². The number of nitrogens with one attached hydrogen (secondary N) is 1. The second-order valence-electron chi connectivity index (χ2n) is 8.79. The molecule has 1 aromatic heterocycles. The van der Waals surface area contributed by atoms with Crippen LogP contribution in [0.25, 0.3) is 0 Å². The van der Waals surface area contributed by atoms with E-state index in [9.17, 15) is 23.5 Å². The first-order chi connectivity index (χ1) is 15.4. The van der Waals surface area contributed by atoms with Gasteiger partial charge < -0.3 is 20.1 Å². The molecular weight excluding hydrogens is 458 g/mol. The smallest absolute Gasteiger partial charge is 0.277 e. The van der Waals surface area contributed by atoms with Gasteiger partial charge in [0, 0.05) is 36.8 Å². The van der Waals surface area contributed by atoms with E-state index in [0.29, 0.717) is 25.5 Å². The van der Waals surface area contributed by atoms with E-state index in [4.69, 9.17) is 16.3 Å². The third kappa shape index (κ3) is 5.62. The number of benzene rings is 1. The number of carbonyl (C=O) groups is 1. The fourth-order valence-corrected chi connectivity index (χ4v) is 3.66. The van der Waals surface area contributed by atoms with E-state index in [-0.39, 0.29) is 35.2 Å². The van der Waals surface area contributed by atoms with Crippen molar-refractivity contribution in [3.05, 3.63) is 50.8 Å². The van der Waals surface area contributed by atoms with Crippen LogP contribution >= 0.6 is 11.6 Å². The van der Waals surface area contributed by atoms with Crippen LogP contribution in [0.1, 0.15) is 45.7 Å². The van der Waals surface area contributed by atoms with E-state index in [1.807, 2.05) is 4.90 Å². The van der Waals surface area contributed by atoms with Crippen molar-refractivity contribution in [3.63, 3.8) is 0 Å². The topological polar surface area (TPSA) is 96.7 Å². The zero-order chi connectivity index (χ0) is 24.5. The molecule has 0 saturated carbocycles. The molecule has 2 aromatic rings. The normalized spacial score (nSPS) is 16.4. The molecular formula is C22H27ClF2N4O4. The van der Waals surface area contributed by atoms with Crippen LogP contribution in [0, 0.1) is 11.6 Å². The second-order valence-corrected chi connectivity index (χ2v) is 9.17. The predicted molar refractivity (Wildman–Crippen MR) is 120 cm³/mol. The highest BCUT2D eigenvalue weighted by Gasteiger charge is 2.32. The number of nitrogens with zero attached hydrogens (tertiary/aromatic N) is 3. The number of hydrogen-bond donors (Lipinski definition) is 2. The van der Waals surface area contributed by atoms with Crippen LogP contribution in [-0.2, 0) is 11.4 Å². The van der Waals surface area contributed by atoms with Crippen LogP contribution in [-0.4, -0.2) is 45.3 Å². The minimum absolute atomic E-state index is 0.0828. The van der Waals surface area contributed by atoms with Gasteiger partial charge in [-0.2, -0.15) is 4.98 Å². The standard InChI is InChI=1S/C22H27ClF2N4O4/c1-12(2)29-19(30)17(23)18(33-11-13-5-6-14(24)9-16(13)25)27-21(29)28-8-7-15(10-28)26-20(31)22(3,4)32/h5-6,9,12,15,32H,7-8,10-11H2,1-4H3,(H,26,31)/t15-/m1/s1. The average Bonchev–Trinajstić information content (AvgIpc) is 3.17. The Morgan fingerprint density at radius 1 is 1.39 bits per heavy atom. The molecule has 1 atom stereocenters. The SMILES string of the molecule is CC(C)n1c(N2CC[C@@H](NC(=O)C(C)(C)O)C2)nc(OCc2ccc(F)cc2F)c(Cl)c1=O. The molecule has 2 N–H and O–H groups in total. The molecule has 0 aliphatic carbocycles. The highest BCUT2D eigenvalue weighted by Crippen LogP contribution is 2.27. The van der Waals surface area contributed by atoms with Gasteiger partial charge in [0.1, 0.15) is 23.8 Å². The Morgan fingerprint density at radius 2 is 2.09 bits per heavy atom. The van der Waals surface area contributed by atoms with Gasteiger partial charge in [0.2, 0.25) is 11.8 Å². The first kappa shape index (κ1) is 24.9. The summed E-state index contributed by atoms with van der Waals surface area (Å²) in [5.41, 5.74) is -1.95. The fourth-order valence-electron chi connectivity index (χ4n) is 3.47. The number of amides is 1. The molecule has 3 rings (SSSR count). The van der Waals surface area contributed by atoms with Crippen molar-refractivity contribution in [1.82, 2.24) is 14.9 Å². The number of carbonyl (C=O) groups excluding carboxylic acids is 1. The molecule has 0 bridgehead atoms. The summed E-state index contributed by atoms with van der Waals surface area (Å²) in [5, 5.41) is 12.4. The minimum atomic E-state index is -1.51. The summed E-state index contributed by atoms with van der Waals surface area (Å²) < 4.78 is 34.1. The third-order valence-electron chi connectivity index (χ3n) is 5.27. The van der Waals surface area contributed by atoms with Crippen LogP contribution in [0.2, 0.25) is 5.02 Å². The summed E-state index contributed by atoms with van der Waals surface area (Å²) in [7, 11) is 0. The Hall–Kier alpha value is -2.72. The monoisotopic (exact) mass is 484 g/mol. The van der Waals surface area contributed by atoms with E-state index in [2.05, 4.69) is 10.3 Å². The summed E-state index contributed by atoms with van der Waals surface area (Å²) in [6, 6.07) is 2.56. The van der Waals surface area contributed by atoms with Crippen LogP contribution in [0.4, 0.5) is 14.7 Å². The van der Waals surface area contributed by atoms with Gasteiger partial charge in [-0.05, 0) is 46.2 Å². The number of aromatic nitrogens is 2. The van der Waals surface area contributed by atoms with Gasteiger partial charge in [0.05, 0.1) is 0 Å². The van der Waals surface area contributed by atoms with Crippen LogP contribution in [0.3, 0.4) is 0 Å². The Morgan fingerprint density at radius 3 is 2.70 bits per heavy atom. The number of anilines is 1. The van der Waals surface area contributed by atoms with Crippen molar-refractivity contribution in [2.24, 2.45) is 0 Å². The Kier molecular flexibility index (Phi) is 7.28. The maximum atomic E-state index is 14.0. The summed E-state index contributed by atoms with van der Waals surface area (Å²) in [4.78, 5) is 31.4. The number of hydrogen-bond acceptors (Lipinski definition) is 6. The van der Waals surface area contributed by atoms with Gasteiger partial charge in [-0.15, -0.1) is 0 Å². The van der Waals surface area contributed by atoms with Crippen molar-refractivity contribution in [2.45, 2.75) is 58.4 Å². The van der Waals surface area contributed by atoms with Gasteiger partial charge in [-0.3, -0.25) is 14.2 Å².